The van der Waals surface area contributed by atoms with Gasteiger partial charge in [-0.05, 0) is 12.8 Å². The van der Waals surface area contributed by atoms with Gasteiger partial charge in [0, 0.05) is 13.1 Å². The van der Waals surface area contributed by atoms with Crippen LogP contribution >= 0.6 is 58.4 Å². The summed E-state index contributed by atoms with van der Waals surface area (Å²) >= 11 is 11.7. The third kappa shape index (κ3) is 29.6. The quantitative estimate of drug-likeness (QED) is 0.0405. The first-order valence-electron chi connectivity index (χ1n) is 20.0. The van der Waals surface area contributed by atoms with Crippen molar-refractivity contribution < 1.29 is 9.59 Å². The standard InChI is InChI=1S/C39H72N2O2S5/c1-3-5-7-9-11-13-15-17-19-21-23-25-27-29-31-40-35(42)33-45-37-38(48-39(44)47-37)46-34-36(43)41-32-30-28-26-24-22-20-18-16-14-12-10-8-6-4-2/h3-34H2,1-2H3,(H,40,42)(H,41,43). The van der Waals surface area contributed by atoms with Crippen molar-refractivity contribution in [2.24, 2.45) is 0 Å². The molecule has 0 aromatic carbocycles. The van der Waals surface area contributed by atoms with E-state index in [1.54, 1.807) is 46.2 Å². The molecule has 0 aliphatic heterocycles. The fourth-order valence-corrected chi connectivity index (χ4v) is 11.7. The number of nitrogens with one attached hydrogen (secondary N) is 2. The minimum atomic E-state index is 0.0841. The highest BCUT2D eigenvalue weighted by atomic mass is 32.2. The Morgan fingerprint density at radius 2 is 0.708 bits per heavy atom. The van der Waals surface area contributed by atoms with Crippen molar-refractivity contribution in [3.8, 4) is 0 Å². The molecule has 0 radical (unpaired) electrons. The van der Waals surface area contributed by atoms with E-state index in [1.165, 1.54) is 167 Å². The Morgan fingerprint density at radius 3 is 0.979 bits per heavy atom. The molecule has 2 amide bonds. The van der Waals surface area contributed by atoms with Gasteiger partial charge in [-0.1, -0.05) is 193 Å². The van der Waals surface area contributed by atoms with Crippen LogP contribution in [0.5, 0.6) is 0 Å². The van der Waals surface area contributed by atoms with Gasteiger partial charge < -0.3 is 10.6 Å². The topological polar surface area (TPSA) is 58.2 Å². The van der Waals surface area contributed by atoms with Crippen LogP contribution in [0, 0.1) is 3.14 Å². The van der Waals surface area contributed by atoms with Crippen molar-refractivity contribution in [2.45, 2.75) is 202 Å². The second-order valence-corrected chi connectivity index (χ2v) is 19.2. The molecule has 0 saturated heterocycles. The molecule has 0 aliphatic rings. The molecule has 0 bridgehead atoms. The minimum Gasteiger partial charge on any atom is -0.355 e. The maximum absolute atomic E-state index is 12.4. The largest absolute Gasteiger partial charge is 0.355 e. The van der Waals surface area contributed by atoms with Crippen molar-refractivity contribution in [3.63, 3.8) is 0 Å². The van der Waals surface area contributed by atoms with Crippen molar-refractivity contribution in [2.75, 3.05) is 24.6 Å². The Hall–Kier alpha value is -0.0900. The Kier molecular flexibility index (Phi) is 33.8. The SMILES string of the molecule is CCCCCCCCCCCCCCCCNC(=O)CSc1sc(=S)sc1SCC(=O)NCCCCCCCCCCCCCCCC. The molecule has 0 saturated carbocycles. The van der Waals surface area contributed by atoms with E-state index >= 15 is 0 Å². The molecule has 0 aliphatic carbocycles. The first-order chi connectivity index (χ1) is 23.6. The summed E-state index contributed by atoms with van der Waals surface area (Å²) in [5, 5.41) is 6.17. The van der Waals surface area contributed by atoms with Crippen LogP contribution in [0.1, 0.15) is 194 Å². The van der Waals surface area contributed by atoms with E-state index in [9.17, 15) is 9.59 Å². The first-order valence-corrected chi connectivity index (χ1v) is 24.0. The van der Waals surface area contributed by atoms with Crippen LogP contribution in [-0.2, 0) is 9.59 Å². The number of hydrogen-bond donors (Lipinski definition) is 2. The summed E-state index contributed by atoms with van der Waals surface area (Å²) < 4.78 is 2.99. The molecule has 280 valence electrons. The van der Waals surface area contributed by atoms with Gasteiger partial charge >= 0.3 is 0 Å². The lowest BCUT2D eigenvalue weighted by Gasteiger charge is -2.07. The van der Waals surface area contributed by atoms with Crippen LogP contribution in [0.15, 0.2) is 8.42 Å². The Bertz CT molecular complexity index is 865. The molecular weight excluding hydrogens is 689 g/mol. The summed E-state index contributed by atoms with van der Waals surface area (Å²) in [4.78, 5) is 24.9. The van der Waals surface area contributed by atoms with Crippen LogP contribution in [-0.4, -0.2) is 36.4 Å². The van der Waals surface area contributed by atoms with Crippen LogP contribution in [0.2, 0.25) is 0 Å². The molecule has 1 aromatic rings. The summed E-state index contributed by atoms with van der Waals surface area (Å²) in [5.41, 5.74) is 0. The number of rotatable bonds is 36. The lowest BCUT2D eigenvalue weighted by molar-refractivity contribution is -0.119. The van der Waals surface area contributed by atoms with Crippen molar-refractivity contribution >= 4 is 70.2 Å². The number of carbonyl (C=O) groups is 2. The highest BCUT2D eigenvalue weighted by Gasteiger charge is 2.13. The van der Waals surface area contributed by atoms with E-state index in [0.29, 0.717) is 11.5 Å². The Balaban J connectivity index is 1.98. The van der Waals surface area contributed by atoms with E-state index < -0.39 is 0 Å². The summed E-state index contributed by atoms with van der Waals surface area (Å²) in [6, 6.07) is 0. The molecule has 1 aromatic heterocycles. The second-order valence-electron chi connectivity index (χ2n) is 13.5. The highest BCUT2D eigenvalue weighted by Crippen LogP contribution is 2.40. The van der Waals surface area contributed by atoms with Gasteiger partial charge in [0.05, 0.1) is 19.9 Å². The van der Waals surface area contributed by atoms with E-state index in [0.717, 1.165) is 37.5 Å². The van der Waals surface area contributed by atoms with E-state index in [4.69, 9.17) is 12.2 Å². The molecule has 1 rings (SSSR count). The molecular formula is C39H72N2O2S5. The van der Waals surface area contributed by atoms with E-state index in [-0.39, 0.29) is 11.8 Å². The Morgan fingerprint density at radius 1 is 0.458 bits per heavy atom. The third-order valence-electron chi connectivity index (χ3n) is 8.89. The molecule has 0 fully saturated rings. The number of amides is 2. The zero-order valence-corrected chi connectivity index (χ0v) is 35.1. The smallest absolute Gasteiger partial charge is 0.230 e. The zero-order valence-electron chi connectivity index (χ0n) is 31.0. The number of thioether (sulfide) groups is 2. The minimum absolute atomic E-state index is 0.0841. The van der Waals surface area contributed by atoms with Crippen molar-refractivity contribution in [1.82, 2.24) is 10.6 Å². The monoisotopic (exact) mass is 760 g/mol. The molecule has 4 nitrogen and oxygen atoms in total. The maximum Gasteiger partial charge on any atom is 0.230 e. The summed E-state index contributed by atoms with van der Waals surface area (Å²) in [7, 11) is 0. The van der Waals surface area contributed by atoms with Gasteiger partial charge in [0.1, 0.15) is 3.14 Å². The van der Waals surface area contributed by atoms with Crippen LogP contribution < -0.4 is 10.6 Å². The fourth-order valence-electron chi connectivity index (χ4n) is 5.89. The molecule has 48 heavy (non-hydrogen) atoms. The highest BCUT2D eigenvalue weighted by molar-refractivity contribution is 8.05. The predicted octanol–water partition coefficient (Wildman–Crippen LogP) is 13.9. The van der Waals surface area contributed by atoms with Gasteiger partial charge in [0.15, 0.2) is 0 Å². The summed E-state index contributed by atoms with van der Waals surface area (Å²) in [6.07, 6.45) is 37.6. The Labute approximate surface area is 318 Å². The second kappa shape index (κ2) is 35.3. The maximum atomic E-state index is 12.4. The summed E-state index contributed by atoms with van der Waals surface area (Å²) in [6.45, 7) is 6.08. The molecule has 2 N–H and O–H groups in total. The number of hydrogen-bond acceptors (Lipinski definition) is 7. The molecule has 0 atom stereocenters. The number of unbranched alkanes of at least 4 members (excludes halogenated alkanes) is 26. The average molecular weight is 761 g/mol. The van der Waals surface area contributed by atoms with Gasteiger partial charge in [0.25, 0.3) is 0 Å². The average Bonchev–Trinajstić information content (AvgIpc) is 3.45. The van der Waals surface area contributed by atoms with Gasteiger partial charge in [-0.2, -0.15) is 0 Å². The molecule has 9 heteroatoms. The number of carbonyl (C=O) groups excluding carboxylic acids is 2. The molecule has 0 unspecified atom stereocenters. The van der Waals surface area contributed by atoms with Gasteiger partial charge in [-0.25, -0.2) is 0 Å². The molecule has 0 spiro atoms. The fraction of sp³-hybridized carbons (Fsp3) is 0.872. The normalized spacial score (nSPS) is 11.3. The van der Waals surface area contributed by atoms with Crippen LogP contribution in [0.25, 0.3) is 0 Å². The third-order valence-corrected chi connectivity index (χ3v) is 14.5. The van der Waals surface area contributed by atoms with E-state index in [1.807, 2.05) is 0 Å². The van der Waals surface area contributed by atoms with Gasteiger partial charge in [0.2, 0.25) is 11.8 Å². The van der Waals surface area contributed by atoms with Gasteiger partial charge in [-0.3, -0.25) is 9.59 Å². The lowest BCUT2D eigenvalue weighted by atomic mass is 10.0. The van der Waals surface area contributed by atoms with Crippen molar-refractivity contribution in [1.29, 1.82) is 0 Å². The summed E-state index contributed by atoms with van der Waals surface area (Å²) in [5.74, 6) is 0.973. The van der Waals surface area contributed by atoms with Crippen molar-refractivity contribution in [3.05, 3.63) is 3.14 Å². The van der Waals surface area contributed by atoms with Crippen LogP contribution in [0.4, 0.5) is 0 Å². The first kappa shape index (κ1) is 45.9. The van der Waals surface area contributed by atoms with E-state index in [2.05, 4.69) is 24.5 Å². The van der Waals surface area contributed by atoms with Gasteiger partial charge in [-0.15, -0.1) is 46.2 Å². The predicted molar refractivity (Wildman–Crippen MR) is 221 cm³/mol. The zero-order chi connectivity index (χ0) is 34.8. The van der Waals surface area contributed by atoms with Crippen LogP contribution in [0.3, 0.4) is 0 Å². The molecule has 1 heterocycles. The lowest BCUT2D eigenvalue weighted by Crippen LogP contribution is -2.26.